The van der Waals surface area contributed by atoms with Gasteiger partial charge in [0, 0.05) is 28.4 Å². The first-order valence-corrected chi connectivity index (χ1v) is 12.6. The van der Waals surface area contributed by atoms with E-state index in [-0.39, 0.29) is 6.42 Å². The van der Waals surface area contributed by atoms with Gasteiger partial charge in [0.15, 0.2) is 18.9 Å². The van der Waals surface area contributed by atoms with Gasteiger partial charge in [-0.3, -0.25) is 9.78 Å². The first kappa shape index (κ1) is 27.6. The number of carbonyl (C=O) groups is 1. The van der Waals surface area contributed by atoms with Crippen molar-refractivity contribution in [2.45, 2.75) is 49.7 Å². The number of hydrogen-bond donors (Lipinski definition) is 6. The van der Waals surface area contributed by atoms with Crippen molar-refractivity contribution in [1.82, 2.24) is 9.97 Å². The third-order valence-electron chi connectivity index (χ3n) is 7.65. The van der Waals surface area contributed by atoms with Gasteiger partial charge >= 0.3 is 5.97 Å². The molecule has 10 atom stereocenters. The third kappa shape index (κ3) is 4.94. The summed E-state index contributed by atoms with van der Waals surface area (Å²) in [6.07, 6.45) is -7.23. The molecular formula is C27H32N2O10. The normalized spacial score (nSPS) is 35.2. The van der Waals surface area contributed by atoms with Crippen LogP contribution in [0.2, 0.25) is 0 Å². The van der Waals surface area contributed by atoms with Crippen molar-refractivity contribution in [2.75, 3.05) is 13.7 Å². The van der Waals surface area contributed by atoms with Gasteiger partial charge in [0.1, 0.15) is 30.3 Å². The zero-order chi connectivity index (χ0) is 27.8. The fourth-order valence-corrected chi connectivity index (χ4v) is 5.59. The van der Waals surface area contributed by atoms with Gasteiger partial charge in [0.25, 0.3) is 0 Å². The molecule has 6 N–H and O–H groups in total. The minimum absolute atomic E-state index is 0.190. The Bertz CT molecular complexity index is 1330. The lowest BCUT2D eigenvalue weighted by Crippen LogP contribution is -2.61. The fraction of sp³-hybridized carbons (Fsp3) is 0.481. The van der Waals surface area contributed by atoms with Crippen LogP contribution in [0.3, 0.4) is 0 Å². The number of nitrogens with zero attached hydrogens (tertiary/aromatic N) is 1. The summed E-state index contributed by atoms with van der Waals surface area (Å²) in [6.45, 7) is 3.24. The molecule has 3 aromatic rings. The number of benzene rings is 1. The van der Waals surface area contributed by atoms with Crippen LogP contribution < -0.4 is 0 Å². The van der Waals surface area contributed by atoms with Crippen LogP contribution in [-0.4, -0.2) is 98.5 Å². The van der Waals surface area contributed by atoms with Crippen LogP contribution in [0, 0.1) is 17.8 Å². The van der Waals surface area contributed by atoms with E-state index in [4.69, 9.17) is 18.9 Å². The van der Waals surface area contributed by atoms with Crippen molar-refractivity contribution in [3.8, 4) is 0 Å². The number of rotatable bonds is 7. The molecule has 1 aromatic carbocycles. The predicted octanol–water partition coefficient (Wildman–Crippen LogP) is -0.0426. The largest absolute Gasteiger partial charge is 0.469 e. The van der Waals surface area contributed by atoms with E-state index in [2.05, 4.69) is 16.5 Å². The molecule has 0 amide bonds. The summed E-state index contributed by atoms with van der Waals surface area (Å²) < 4.78 is 21.9. The van der Waals surface area contributed by atoms with Gasteiger partial charge in [-0.1, -0.05) is 24.3 Å². The van der Waals surface area contributed by atoms with Crippen molar-refractivity contribution in [3.63, 3.8) is 0 Å². The standard InChI is InChI=1S/C27H32N2O10/c1-3-12-15(10-17-20-14(8-9-28-17)13-6-4-5-7-16(13)29-20)19(24(34)36-2)25(35)38-26(12)39-27-23(33)22(32)21(31)18(11-30)37-27/h3-9,12,15,18-19,21-23,25-27,29-33,35H,1,10-11H2,2H3/t12-,15-,18-,19-,21-,22+,23-,25+,26+,27+/m0/s1. The number of hydrogen-bond acceptors (Lipinski definition) is 11. The molecule has 2 saturated heterocycles. The Hall–Kier alpha value is -2.94. The molecule has 0 aliphatic carbocycles. The summed E-state index contributed by atoms with van der Waals surface area (Å²) >= 11 is 0. The highest BCUT2D eigenvalue weighted by atomic mass is 16.8. The van der Waals surface area contributed by atoms with Crippen LogP contribution >= 0.6 is 0 Å². The predicted molar refractivity (Wildman–Crippen MR) is 136 cm³/mol. The third-order valence-corrected chi connectivity index (χ3v) is 7.65. The number of aliphatic hydroxyl groups is 5. The molecule has 12 nitrogen and oxygen atoms in total. The van der Waals surface area contributed by atoms with Gasteiger partial charge in [-0.2, -0.15) is 0 Å². The van der Waals surface area contributed by atoms with E-state index in [1.54, 1.807) is 6.20 Å². The van der Waals surface area contributed by atoms with E-state index in [0.29, 0.717) is 5.69 Å². The highest BCUT2D eigenvalue weighted by Crippen LogP contribution is 2.41. The number of methoxy groups -OCH3 is 1. The number of carbonyl (C=O) groups excluding carboxylic acids is 1. The molecule has 39 heavy (non-hydrogen) atoms. The highest BCUT2D eigenvalue weighted by Gasteiger charge is 2.52. The maximum Gasteiger partial charge on any atom is 0.314 e. The number of esters is 1. The topological polar surface area (TPSA) is 184 Å². The second kappa shape index (κ2) is 11.3. The van der Waals surface area contributed by atoms with Gasteiger partial charge in [-0.05, 0) is 24.5 Å². The summed E-state index contributed by atoms with van der Waals surface area (Å²) in [6, 6.07) is 9.69. The van der Waals surface area contributed by atoms with Crippen LogP contribution in [0.25, 0.3) is 21.8 Å². The molecule has 5 rings (SSSR count). The zero-order valence-electron chi connectivity index (χ0n) is 21.2. The van der Waals surface area contributed by atoms with Crippen LogP contribution in [0.1, 0.15) is 5.69 Å². The van der Waals surface area contributed by atoms with Crippen molar-refractivity contribution in [1.29, 1.82) is 0 Å². The number of para-hydroxylation sites is 1. The Labute approximate surface area is 223 Å². The minimum atomic E-state index is -1.69. The van der Waals surface area contributed by atoms with Crippen LogP contribution in [0.4, 0.5) is 0 Å². The number of fused-ring (bicyclic) bond motifs is 3. The highest BCUT2D eigenvalue weighted by molar-refractivity contribution is 6.07. The molecule has 210 valence electrons. The average Bonchev–Trinajstić information content (AvgIpc) is 3.33. The van der Waals surface area contributed by atoms with Gasteiger partial charge in [-0.15, -0.1) is 6.58 Å². The quantitative estimate of drug-likeness (QED) is 0.173. The van der Waals surface area contributed by atoms with E-state index < -0.39 is 73.6 Å². The summed E-state index contributed by atoms with van der Waals surface area (Å²) in [5.74, 6) is -3.26. The molecule has 12 heteroatoms. The molecule has 2 fully saturated rings. The number of ether oxygens (including phenoxy) is 4. The number of pyridine rings is 1. The summed E-state index contributed by atoms with van der Waals surface area (Å²) in [7, 11) is 1.21. The first-order chi connectivity index (χ1) is 18.8. The molecule has 0 radical (unpaired) electrons. The maximum absolute atomic E-state index is 12.8. The Morgan fingerprint density at radius 3 is 2.56 bits per heavy atom. The maximum atomic E-state index is 12.8. The Morgan fingerprint density at radius 2 is 1.85 bits per heavy atom. The smallest absolute Gasteiger partial charge is 0.314 e. The summed E-state index contributed by atoms with van der Waals surface area (Å²) in [4.78, 5) is 20.8. The molecule has 2 aliphatic heterocycles. The summed E-state index contributed by atoms with van der Waals surface area (Å²) in [5.41, 5.74) is 2.33. The van der Waals surface area contributed by atoms with E-state index in [0.717, 1.165) is 21.8 Å². The first-order valence-electron chi connectivity index (χ1n) is 12.6. The lowest BCUT2D eigenvalue weighted by atomic mass is 9.75. The molecule has 2 aliphatic rings. The number of aromatic nitrogens is 2. The molecule has 0 bridgehead atoms. The molecule has 0 unspecified atom stereocenters. The Balaban J connectivity index is 1.49. The Kier molecular flexibility index (Phi) is 7.99. The molecule has 2 aromatic heterocycles. The van der Waals surface area contributed by atoms with Crippen molar-refractivity contribution >= 4 is 27.8 Å². The van der Waals surface area contributed by atoms with Crippen LogP contribution in [0.5, 0.6) is 0 Å². The SMILES string of the molecule is C=C[C@@H]1[C@@H](O[C@H]2O[C@@H](CO)[C@H](O)[C@@H](O)[C@@H]2O)O[C@@H](O)[C@H](C(=O)OC)[C@H]1Cc1nccc2c1[nH]c1ccccc12. The lowest BCUT2D eigenvalue weighted by molar-refractivity contribution is -0.375. The fourth-order valence-electron chi connectivity index (χ4n) is 5.59. The number of aliphatic hydroxyl groups excluding tert-OH is 5. The number of nitrogens with one attached hydrogen (secondary N) is 1. The zero-order valence-corrected chi connectivity index (χ0v) is 21.2. The lowest BCUT2D eigenvalue weighted by Gasteiger charge is -2.46. The van der Waals surface area contributed by atoms with Gasteiger partial charge in [0.2, 0.25) is 0 Å². The molecular weight excluding hydrogens is 512 g/mol. The molecule has 0 spiro atoms. The monoisotopic (exact) mass is 544 g/mol. The minimum Gasteiger partial charge on any atom is -0.469 e. The van der Waals surface area contributed by atoms with Gasteiger partial charge < -0.3 is 49.5 Å². The van der Waals surface area contributed by atoms with E-state index in [1.165, 1.54) is 13.2 Å². The van der Waals surface area contributed by atoms with E-state index in [9.17, 15) is 30.3 Å². The van der Waals surface area contributed by atoms with Crippen LogP contribution in [-0.2, 0) is 30.2 Å². The summed E-state index contributed by atoms with van der Waals surface area (Å²) in [5, 5.41) is 53.1. The number of aromatic amines is 1. The van der Waals surface area contributed by atoms with E-state index >= 15 is 0 Å². The molecule has 0 saturated carbocycles. The van der Waals surface area contributed by atoms with Gasteiger partial charge in [-0.25, -0.2) is 0 Å². The number of H-pyrrole nitrogens is 1. The Morgan fingerprint density at radius 1 is 1.08 bits per heavy atom. The van der Waals surface area contributed by atoms with Crippen molar-refractivity contribution in [3.05, 3.63) is 54.9 Å². The average molecular weight is 545 g/mol. The second-order valence-corrected chi connectivity index (χ2v) is 9.81. The van der Waals surface area contributed by atoms with Gasteiger partial charge in [0.05, 0.1) is 24.9 Å². The second-order valence-electron chi connectivity index (χ2n) is 9.81. The van der Waals surface area contributed by atoms with Crippen molar-refractivity contribution < 1.29 is 49.3 Å². The van der Waals surface area contributed by atoms with Crippen molar-refractivity contribution in [2.24, 2.45) is 17.8 Å². The van der Waals surface area contributed by atoms with E-state index in [1.807, 2.05) is 30.3 Å². The van der Waals surface area contributed by atoms with Crippen LogP contribution in [0.15, 0.2) is 49.2 Å². The molecule has 4 heterocycles.